The summed E-state index contributed by atoms with van der Waals surface area (Å²) in [6, 6.07) is 0. The molecule has 0 aromatic carbocycles. The molecule has 0 radical (unpaired) electrons. The molecule has 0 saturated carbocycles. The van der Waals surface area contributed by atoms with E-state index < -0.39 is 5.60 Å². The lowest BCUT2D eigenvalue weighted by molar-refractivity contribution is 0.0526. The Morgan fingerprint density at radius 1 is 1.30 bits per heavy atom. The Morgan fingerprint density at radius 3 is 2.25 bits per heavy atom. The summed E-state index contributed by atoms with van der Waals surface area (Å²) >= 11 is 0. The average Bonchev–Trinajstić information content (AvgIpc) is 2.78. The lowest BCUT2D eigenvalue weighted by Crippen LogP contribution is -2.34. The van der Waals surface area contributed by atoms with E-state index in [1.54, 1.807) is 6.33 Å². The monoisotopic (exact) mass is 285 g/mol. The number of aryl methyl sites for hydroxylation is 1. The maximum atomic E-state index is 11.3. The van der Waals surface area contributed by atoms with Crippen molar-refractivity contribution in [3.8, 4) is 0 Å². The van der Waals surface area contributed by atoms with E-state index in [2.05, 4.69) is 10.3 Å². The van der Waals surface area contributed by atoms with Crippen LogP contribution in [0.2, 0.25) is 0 Å². The predicted octanol–water partition coefficient (Wildman–Crippen LogP) is 3.77. The molecule has 5 heteroatoms. The van der Waals surface area contributed by atoms with E-state index in [0.29, 0.717) is 13.1 Å². The van der Waals surface area contributed by atoms with E-state index >= 15 is 0 Å². The summed E-state index contributed by atoms with van der Waals surface area (Å²) in [5.74, 6) is 0. The van der Waals surface area contributed by atoms with Crippen molar-refractivity contribution in [2.24, 2.45) is 0 Å². The van der Waals surface area contributed by atoms with Crippen LogP contribution in [0, 0.1) is 6.92 Å². The van der Waals surface area contributed by atoms with E-state index in [1.165, 1.54) is 0 Å². The molecule has 1 N–H and O–H groups in total. The van der Waals surface area contributed by atoms with Gasteiger partial charge in [-0.05, 0) is 27.7 Å². The molecule has 0 atom stereocenters. The van der Waals surface area contributed by atoms with Gasteiger partial charge >= 0.3 is 6.09 Å². The van der Waals surface area contributed by atoms with Gasteiger partial charge in [-0.15, -0.1) is 0 Å². The highest BCUT2D eigenvalue weighted by atomic mass is 16.6. The van der Waals surface area contributed by atoms with E-state index in [0.717, 1.165) is 5.69 Å². The highest BCUT2D eigenvalue weighted by Gasteiger charge is 2.15. The van der Waals surface area contributed by atoms with E-state index in [-0.39, 0.29) is 6.09 Å². The fourth-order valence-corrected chi connectivity index (χ4v) is 1.20. The first kappa shape index (κ1) is 20.8. The van der Waals surface area contributed by atoms with Crippen LogP contribution >= 0.6 is 0 Å². The van der Waals surface area contributed by atoms with Crippen molar-refractivity contribution in [2.75, 3.05) is 6.54 Å². The molecule has 1 aromatic rings. The average molecular weight is 285 g/mol. The van der Waals surface area contributed by atoms with Gasteiger partial charge in [0.05, 0.1) is 12.0 Å². The van der Waals surface area contributed by atoms with Gasteiger partial charge in [-0.3, -0.25) is 0 Å². The van der Waals surface area contributed by atoms with Crippen LogP contribution in [0.15, 0.2) is 12.5 Å². The molecule has 1 heterocycles. The van der Waals surface area contributed by atoms with Crippen molar-refractivity contribution in [3.63, 3.8) is 0 Å². The van der Waals surface area contributed by atoms with Gasteiger partial charge in [0.25, 0.3) is 0 Å². The van der Waals surface area contributed by atoms with Crippen molar-refractivity contribution in [1.82, 2.24) is 14.9 Å². The Bertz CT molecular complexity index is 354. The number of nitrogens with one attached hydrogen (secondary N) is 1. The first-order valence-corrected chi connectivity index (χ1v) is 7.32. The van der Waals surface area contributed by atoms with Crippen molar-refractivity contribution in [2.45, 2.75) is 67.5 Å². The van der Waals surface area contributed by atoms with Crippen LogP contribution in [0.5, 0.6) is 0 Å². The van der Waals surface area contributed by atoms with Crippen molar-refractivity contribution < 1.29 is 9.53 Å². The molecule has 1 amide bonds. The second-order valence-corrected chi connectivity index (χ2v) is 4.68. The number of hydrogen-bond acceptors (Lipinski definition) is 3. The van der Waals surface area contributed by atoms with E-state index in [1.807, 2.05) is 66.2 Å². The summed E-state index contributed by atoms with van der Waals surface area (Å²) in [6.07, 6.45) is 3.28. The Balaban J connectivity index is 0. The van der Waals surface area contributed by atoms with E-state index in [4.69, 9.17) is 4.74 Å². The number of aromatic nitrogens is 2. The normalized spacial score (nSPS) is 9.60. The standard InChI is InChI=1S/C11H19N3O2.2C2H6/c1-9-7-14(8-13-9)6-5-12-10(15)16-11(2,3)4;2*1-2/h7-8H,5-6H2,1-4H3,(H,12,15);2*1-2H3. The topological polar surface area (TPSA) is 56.2 Å². The molecular weight excluding hydrogens is 254 g/mol. The second-order valence-electron chi connectivity index (χ2n) is 4.68. The highest BCUT2D eigenvalue weighted by molar-refractivity contribution is 5.67. The minimum Gasteiger partial charge on any atom is -0.444 e. The fraction of sp³-hybridized carbons (Fsp3) is 0.733. The Kier molecular flexibility index (Phi) is 11.8. The summed E-state index contributed by atoms with van der Waals surface area (Å²) in [5.41, 5.74) is 0.521. The summed E-state index contributed by atoms with van der Waals surface area (Å²) in [5, 5.41) is 2.69. The molecule has 1 aromatic heterocycles. The third-order valence-corrected chi connectivity index (χ3v) is 1.80. The molecule has 0 aliphatic carbocycles. The third-order valence-electron chi connectivity index (χ3n) is 1.80. The molecular formula is C15H31N3O2. The minimum absolute atomic E-state index is 0.385. The zero-order chi connectivity index (χ0) is 16.2. The van der Waals surface area contributed by atoms with E-state index in [9.17, 15) is 4.79 Å². The minimum atomic E-state index is -0.449. The lowest BCUT2D eigenvalue weighted by Gasteiger charge is -2.19. The van der Waals surface area contributed by atoms with Gasteiger partial charge in [-0.2, -0.15) is 0 Å². The SMILES string of the molecule is CC.CC.Cc1cn(CCNC(=O)OC(C)(C)C)cn1. The zero-order valence-corrected chi connectivity index (χ0v) is 14.3. The van der Waals surface area contributed by atoms with Crippen molar-refractivity contribution in [3.05, 3.63) is 18.2 Å². The Morgan fingerprint density at radius 2 is 1.85 bits per heavy atom. The van der Waals surface area contributed by atoms with Crippen LogP contribution in [0.4, 0.5) is 4.79 Å². The highest BCUT2D eigenvalue weighted by Crippen LogP contribution is 2.06. The van der Waals surface area contributed by atoms with Gasteiger partial charge in [0, 0.05) is 19.3 Å². The van der Waals surface area contributed by atoms with Crippen LogP contribution in [-0.4, -0.2) is 27.8 Å². The van der Waals surface area contributed by atoms with Crippen LogP contribution in [0.1, 0.15) is 54.2 Å². The second kappa shape index (κ2) is 11.3. The maximum Gasteiger partial charge on any atom is 0.407 e. The molecule has 0 unspecified atom stereocenters. The quantitative estimate of drug-likeness (QED) is 0.919. The molecule has 0 aliphatic rings. The number of carbonyl (C=O) groups is 1. The predicted molar refractivity (Wildman–Crippen MR) is 83.9 cm³/mol. The van der Waals surface area contributed by atoms with Crippen LogP contribution in [-0.2, 0) is 11.3 Å². The first-order chi connectivity index (χ1) is 9.37. The molecule has 0 bridgehead atoms. The number of ether oxygens (including phenoxy) is 1. The van der Waals surface area contributed by atoms with Crippen LogP contribution in [0.3, 0.4) is 0 Å². The number of alkyl carbamates (subject to hydrolysis) is 1. The number of rotatable bonds is 3. The number of amides is 1. The third kappa shape index (κ3) is 11.6. The molecule has 20 heavy (non-hydrogen) atoms. The largest absolute Gasteiger partial charge is 0.444 e. The molecule has 0 saturated heterocycles. The van der Waals surface area contributed by atoms with Gasteiger partial charge in [0.2, 0.25) is 0 Å². The number of nitrogens with zero attached hydrogens (tertiary/aromatic N) is 2. The summed E-state index contributed by atoms with van der Waals surface area (Å²) in [7, 11) is 0. The number of hydrogen-bond donors (Lipinski definition) is 1. The van der Waals surface area contributed by atoms with Crippen molar-refractivity contribution >= 4 is 6.09 Å². The molecule has 0 aliphatic heterocycles. The van der Waals surface area contributed by atoms with Gasteiger partial charge in [-0.1, -0.05) is 27.7 Å². The lowest BCUT2D eigenvalue weighted by atomic mass is 10.2. The molecule has 1 rings (SSSR count). The van der Waals surface area contributed by atoms with Gasteiger partial charge in [-0.25, -0.2) is 9.78 Å². The smallest absolute Gasteiger partial charge is 0.407 e. The molecule has 0 fully saturated rings. The Hall–Kier alpha value is -1.52. The molecule has 118 valence electrons. The van der Waals surface area contributed by atoms with Gasteiger partial charge < -0.3 is 14.6 Å². The maximum absolute atomic E-state index is 11.3. The molecule has 5 nitrogen and oxygen atoms in total. The van der Waals surface area contributed by atoms with Crippen LogP contribution in [0.25, 0.3) is 0 Å². The fourth-order valence-electron chi connectivity index (χ4n) is 1.20. The van der Waals surface area contributed by atoms with Crippen LogP contribution < -0.4 is 5.32 Å². The van der Waals surface area contributed by atoms with Gasteiger partial charge in [0.1, 0.15) is 5.60 Å². The number of carbonyl (C=O) groups excluding carboxylic acids is 1. The zero-order valence-electron chi connectivity index (χ0n) is 14.3. The number of imidazole rings is 1. The van der Waals surface area contributed by atoms with Gasteiger partial charge in [0.15, 0.2) is 0 Å². The summed E-state index contributed by atoms with van der Waals surface area (Å²) < 4.78 is 7.03. The van der Waals surface area contributed by atoms with Crippen molar-refractivity contribution in [1.29, 1.82) is 0 Å². The first-order valence-electron chi connectivity index (χ1n) is 7.32. The Labute approximate surface area is 123 Å². The molecule has 0 spiro atoms. The summed E-state index contributed by atoms with van der Waals surface area (Å²) in [4.78, 5) is 15.4. The summed E-state index contributed by atoms with van der Waals surface area (Å²) in [6.45, 7) is 16.7.